The average Bonchev–Trinajstić information content (AvgIpc) is 2.97. The lowest BCUT2D eigenvalue weighted by Crippen LogP contribution is -2.17. The molecule has 2 N–H and O–H groups in total. The number of aromatic nitrogens is 2. The van der Waals surface area contributed by atoms with Crippen LogP contribution < -0.4 is 4.72 Å². The Labute approximate surface area is 163 Å². The standard InChI is InChI=1S/C18H12F2N4O4S/c1-24-17(18(25)26)16(15(22-24)11-3-5-12(19)6-4-11)23-29(27,28)14-7-2-10(9-21)8-13(14)20/h2-8,23H,1H3,(H,25,26). The van der Waals surface area contributed by atoms with E-state index in [1.165, 1.54) is 19.2 Å². The molecule has 29 heavy (non-hydrogen) atoms. The van der Waals surface area contributed by atoms with Crippen molar-refractivity contribution in [3.8, 4) is 17.3 Å². The molecule has 0 radical (unpaired) electrons. The van der Waals surface area contributed by atoms with Crippen LogP contribution >= 0.6 is 0 Å². The predicted molar refractivity (Wildman–Crippen MR) is 97.5 cm³/mol. The number of nitriles is 1. The summed E-state index contributed by atoms with van der Waals surface area (Å²) in [5.74, 6) is -3.21. The van der Waals surface area contributed by atoms with Crippen LogP contribution in [0.3, 0.4) is 0 Å². The summed E-state index contributed by atoms with van der Waals surface area (Å²) in [6, 6.07) is 9.22. The summed E-state index contributed by atoms with van der Waals surface area (Å²) in [6.45, 7) is 0. The minimum atomic E-state index is -4.58. The van der Waals surface area contributed by atoms with Crippen molar-refractivity contribution in [3.63, 3.8) is 0 Å². The van der Waals surface area contributed by atoms with Crippen LogP contribution in [0, 0.1) is 23.0 Å². The highest BCUT2D eigenvalue weighted by Crippen LogP contribution is 2.32. The first-order chi connectivity index (χ1) is 13.6. The molecule has 0 saturated heterocycles. The summed E-state index contributed by atoms with van der Waals surface area (Å²) in [7, 11) is -3.29. The van der Waals surface area contributed by atoms with Gasteiger partial charge in [0, 0.05) is 12.6 Å². The molecule has 0 fully saturated rings. The smallest absolute Gasteiger partial charge is 0.356 e. The molecule has 8 nitrogen and oxygen atoms in total. The van der Waals surface area contributed by atoms with Crippen molar-refractivity contribution in [2.75, 3.05) is 4.72 Å². The van der Waals surface area contributed by atoms with Gasteiger partial charge in [0.05, 0.1) is 11.6 Å². The second kappa shape index (κ2) is 7.33. The largest absolute Gasteiger partial charge is 0.476 e. The van der Waals surface area contributed by atoms with Gasteiger partial charge >= 0.3 is 5.97 Å². The molecule has 0 bridgehead atoms. The molecule has 0 aliphatic heterocycles. The van der Waals surface area contributed by atoms with E-state index in [1.54, 1.807) is 6.07 Å². The molecule has 1 aromatic heterocycles. The van der Waals surface area contributed by atoms with Gasteiger partial charge in [-0.1, -0.05) is 0 Å². The minimum Gasteiger partial charge on any atom is -0.476 e. The number of hydrogen-bond acceptors (Lipinski definition) is 5. The van der Waals surface area contributed by atoms with Crippen molar-refractivity contribution in [2.24, 2.45) is 7.05 Å². The van der Waals surface area contributed by atoms with E-state index < -0.39 is 43.9 Å². The third-order valence-electron chi connectivity index (χ3n) is 3.95. The fourth-order valence-electron chi connectivity index (χ4n) is 2.65. The number of benzene rings is 2. The minimum absolute atomic E-state index is 0.0810. The lowest BCUT2D eigenvalue weighted by Gasteiger charge is -2.10. The van der Waals surface area contributed by atoms with Gasteiger partial charge in [-0.25, -0.2) is 22.0 Å². The van der Waals surface area contributed by atoms with Gasteiger partial charge in [0.25, 0.3) is 10.0 Å². The highest BCUT2D eigenvalue weighted by molar-refractivity contribution is 7.92. The number of halogens is 2. The molecule has 0 saturated carbocycles. The van der Waals surface area contributed by atoms with Gasteiger partial charge in [-0.3, -0.25) is 9.40 Å². The fourth-order valence-corrected chi connectivity index (χ4v) is 3.79. The Kier molecular flexibility index (Phi) is 5.04. The number of hydrogen-bond donors (Lipinski definition) is 2. The van der Waals surface area contributed by atoms with Crippen LogP contribution in [0.1, 0.15) is 16.1 Å². The van der Waals surface area contributed by atoms with E-state index in [9.17, 15) is 27.1 Å². The maximum Gasteiger partial charge on any atom is 0.356 e. The van der Waals surface area contributed by atoms with Crippen LogP contribution in [-0.4, -0.2) is 29.3 Å². The van der Waals surface area contributed by atoms with Crippen LogP contribution in [-0.2, 0) is 17.1 Å². The quantitative estimate of drug-likeness (QED) is 0.656. The molecule has 0 unspecified atom stereocenters. The number of anilines is 1. The van der Waals surface area contributed by atoms with Crippen LogP contribution in [0.25, 0.3) is 11.3 Å². The van der Waals surface area contributed by atoms with E-state index in [4.69, 9.17) is 5.26 Å². The molecule has 148 valence electrons. The van der Waals surface area contributed by atoms with Gasteiger partial charge in [0.15, 0.2) is 5.69 Å². The highest BCUT2D eigenvalue weighted by Gasteiger charge is 2.28. The number of aryl methyl sites for hydroxylation is 1. The Morgan fingerprint density at radius 3 is 2.41 bits per heavy atom. The second-order valence-corrected chi connectivity index (χ2v) is 7.52. The molecular formula is C18H12F2N4O4S. The molecule has 11 heteroatoms. The number of sulfonamides is 1. The third kappa shape index (κ3) is 3.78. The molecule has 0 aliphatic carbocycles. The van der Waals surface area contributed by atoms with Gasteiger partial charge in [0.2, 0.25) is 0 Å². The van der Waals surface area contributed by atoms with Gasteiger partial charge in [-0.05, 0) is 42.5 Å². The molecule has 1 heterocycles. The number of aromatic carboxylic acids is 1. The van der Waals surface area contributed by atoms with Crippen LogP contribution in [0.5, 0.6) is 0 Å². The average molecular weight is 418 g/mol. The summed E-state index contributed by atoms with van der Waals surface area (Å²) in [5.41, 5.74) is -0.826. The first kappa shape index (κ1) is 20.0. The van der Waals surface area contributed by atoms with Crippen molar-refractivity contribution in [1.29, 1.82) is 5.26 Å². The Bertz CT molecular complexity index is 1260. The monoisotopic (exact) mass is 418 g/mol. The lowest BCUT2D eigenvalue weighted by atomic mass is 10.1. The molecule has 0 atom stereocenters. The summed E-state index contributed by atoms with van der Waals surface area (Å²) in [6.07, 6.45) is 0. The second-order valence-electron chi connectivity index (χ2n) is 5.87. The zero-order chi connectivity index (χ0) is 21.3. The number of carboxylic acid groups (broad SMARTS) is 1. The molecule has 0 spiro atoms. The normalized spacial score (nSPS) is 11.1. The molecular weight excluding hydrogens is 406 g/mol. The lowest BCUT2D eigenvalue weighted by molar-refractivity contribution is 0.0686. The summed E-state index contributed by atoms with van der Waals surface area (Å²) >= 11 is 0. The maximum atomic E-state index is 14.2. The van der Waals surface area contributed by atoms with E-state index in [0.717, 1.165) is 35.0 Å². The summed E-state index contributed by atoms with van der Waals surface area (Å²) < 4.78 is 55.9. The van der Waals surface area contributed by atoms with Gasteiger partial charge in [-0.2, -0.15) is 10.4 Å². The van der Waals surface area contributed by atoms with Crippen LogP contribution in [0.4, 0.5) is 14.5 Å². The van der Waals surface area contributed by atoms with E-state index in [-0.39, 0.29) is 16.8 Å². The van der Waals surface area contributed by atoms with Gasteiger partial charge in [-0.15, -0.1) is 0 Å². The fraction of sp³-hybridized carbons (Fsp3) is 0.0556. The first-order valence-corrected chi connectivity index (χ1v) is 9.41. The van der Waals surface area contributed by atoms with E-state index >= 15 is 0 Å². The Morgan fingerprint density at radius 1 is 1.21 bits per heavy atom. The molecule has 0 amide bonds. The van der Waals surface area contributed by atoms with Gasteiger partial charge in [0.1, 0.15) is 27.9 Å². The Hall–Kier alpha value is -3.78. The van der Waals surface area contributed by atoms with Crippen molar-refractivity contribution in [2.45, 2.75) is 4.90 Å². The number of nitrogens with one attached hydrogen (secondary N) is 1. The van der Waals surface area contributed by atoms with Crippen molar-refractivity contribution in [3.05, 3.63) is 65.4 Å². The number of carbonyl (C=O) groups is 1. The summed E-state index contributed by atoms with van der Waals surface area (Å²) in [4.78, 5) is 10.9. The van der Waals surface area contributed by atoms with Crippen LogP contribution in [0.15, 0.2) is 47.4 Å². The summed E-state index contributed by atoms with van der Waals surface area (Å²) in [5, 5.41) is 22.3. The first-order valence-electron chi connectivity index (χ1n) is 7.92. The SMILES string of the molecule is Cn1nc(-c2ccc(F)cc2)c(NS(=O)(=O)c2ccc(C#N)cc2F)c1C(=O)O. The molecule has 0 aliphatic rings. The molecule has 3 rings (SSSR count). The predicted octanol–water partition coefficient (Wildman–Crippen LogP) is 2.74. The van der Waals surface area contributed by atoms with E-state index in [2.05, 4.69) is 9.82 Å². The van der Waals surface area contributed by atoms with E-state index in [0.29, 0.717) is 0 Å². The van der Waals surface area contributed by atoms with Crippen molar-refractivity contribution >= 4 is 21.7 Å². The van der Waals surface area contributed by atoms with Gasteiger partial charge < -0.3 is 5.11 Å². The maximum absolute atomic E-state index is 14.2. The zero-order valence-corrected chi connectivity index (χ0v) is 15.5. The number of nitrogens with zero attached hydrogens (tertiary/aromatic N) is 3. The van der Waals surface area contributed by atoms with Crippen LogP contribution in [0.2, 0.25) is 0 Å². The van der Waals surface area contributed by atoms with E-state index in [1.807, 2.05) is 0 Å². The topological polar surface area (TPSA) is 125 Å². The van der Waals surface area contributed by atoms with Crippen molar-refractivity contribution < 1.29 is 27.1 Å². The van der Waals surface area contributed by atoms with Crippen molar-refractivity contribution in [1.82, 2.24) is 9.78 Å². The number of rotatable bonds is 5. The Balaban J connectivity index is 2.16. The highest BCUT2D eigenvalue weighted by atomic mass is 32.2. The third-order valence-corrected chi connectivity index (χ3v) is 5.34. The molecule has 3 aromatic rings. The molecule has 2 aromatic carbocycles. The zero-order valence-electron chi connectivity index (χ0n) is 14.7. The number of carboxylic acids is 1. The Morgan fingerprint density at radius 2 is 1.86 bits per heavy atom.